The Labute approximate surface area is 525 Å². The maximum atomic E-state index is 14.9. The van der Waals surface area contributed by atoms with E-state index in [9.17, 15) is 28.0 Å². The zero-order chi connectivity index (χ0) is 62.1. The summed E-state index contributed by atoms with van der Waals surface area (Å²) in [6.07, 6.45) is 20.5. The predicted molar refractivity (Wildman–Crippen MR) is 349 cm³/mol. The van der Waals surface area contributed by atoms with Gasteiger partial charge in [0.05, 0.1) is 47.7 Å². The summed E-state index contributed by atoms with van der Waals surface area (Å²) in [5.41, 5.74) is 7.21. The van der Waals surface area contributed by atoms with Gasteiger partial charge in [0.25, 0.3) is 0 Å². The molecule has 2 aliphatic carbocycles. The zero-order valence-electron chi connectivity index (χ0n) is 51.6. The highest BCUT2D eigenvalue weighted by molar-refractivity contribution is 7.24. The lowest BCUT2D eigenvalue weighted by Gasteiger charge is -2.28. The van der Waals surface area contributed by atoms with E-state index in [1.54, 1.807) is 0 Å². The standard InChI is InChI=1S/C74H84F2O10S2/c1-7-65(77)83-39-19-15-11-9-13-17-37-81-59-33-29-53(30-34-59)51-21-25-55(26-22-51)73(79)85-69-61-45-63(67-47(3)41-57(75)42-48(67)4)88-72(61)70(62-46-64(87-71(62)69)68-49(5)43-58(76)44-50(68)6)86-74(80)56-27-23-52(24-28-56)54-31-35-60(36-32-54)82-38-18-14-10-12-16-20-40-84-66(78)8-2/h7-8,29-36,41-46,51-52,55-56H,1-2,9-28,37-40H2,3-6H3. The molecular formula is C74H84F2O10S2. The van der Waals surface area contributed by atoms with Crippen LogP contribution in [0.2, 0.25) is 0 Å². The third-order valence-corrected chi connectivity index (χ3v) is 19.8. The summed E-state index contributed by atoms with van der Waals surface area (Å²) in [4.78, 5) is 53.6. The second-order valence-electron chi connectivity index (χ2n) is 24.0. The highest BCUT2D eigenvalue weighted by Crippen LogP contribution is 2.54. The van der Waals surface area contributed by atoms with Crippen LogP contribution in [0, 0.1) is 51.2 Å². The van der Waals surface area contributed by atoms with Gasteiger partial charge in [-0.1, -0.05) is 88.8 Å². The number of thiophene rings is 2. The van der Waals surface area contributed by atoms with Crippen LogP contribution < -0.4 is 18.9 Å². The van der Waals surface area contributed by atoms with Gasteiger partial charge in [-0.05, 0) is 222 Å². The normalized spacial score (nSPS) is 16.7. The fourth-order valence-electron chi connectivity index (χ4n) is 12.8. The molecule has 2 heterocycles. The minimum Gasteiger partial charge on any atom is -0.494 e. The monoisotopic (exact) mass is 1230 g/mol. The van der Waals surface area contributed by atoms with Gasteiger partial charge in [0.2, 0.25) is 0 Å². The lowest BCUT2D eigenvalue weighted by molar-refractivity contribution is -0.140. The predicted octanol–water partition coefficient (Wildman–Crippen LogP) is 19.6. The SMILES string of the molecule is C=CC(=O)OCCCCCCCCOc1ccc(C2CCC(C(=O)Oc3c4cc(-c5c(C)cc(F)cc5C)sc4c(OC(=O)C4CCC(c5ccc(OCCCCCCCCOC(=O)C=C)cc5)CC4)c4cc(-c5c(C)cc(F)cc5C)sc34)CC2)cc1. The first-order chi connectivity index (χ1) is 42.7. The van der Waals surface area contributed by atoms with Gasteiger partial charge in [0.1, 0.15) is 23.1 Å². The van der Waals surface area contributed by atoms with Crippen LogP contribution in [0.1, 0.15) is 174 Å². The van der Waals surface area contributed by atoms with Crippen LogP contribution in [0.25, 0.3) is 41.1 Å². The maximum absolute atomic E-state index is 14.9. The molecule has 0 unspecified atom stereocenters. The van der Waals surface area contributed by atoms with E-state index in [2.05, 4.69) is 37.4 Å². The minimum atomic E-state index is -0.374. The van der Waals surface area contributed by atoms with Crippen LogP contribution in [-0.4, -0.2) is 50.3 Å². The van der Waals surface area contributed by atoms with Crippen molar-refractivity contribution in [2.45, 2.75) is 168 Å². The first-order valence-corrected chi connectivity index (χ1v) is 33.4. The largest absolute Gasteiger partial charge is 0.494 e. The van der Waals surface area contributed by atoms with E-state index in [1.165, 1.54) is 70.2 Å². The molecule has 88 heavy (non-hydrogen) atoms. The van der Waals surface area contributed by atoms with Gasteiger partial charge in [-0.15, -0.1) is 22.7 Å². The average molecular weight is 1240 g/mol. The van der Waals surface area contributed by atoms with Gasteiger partial charge in [0.15, 0.2) is 11.5 Å². The summed E-state index contributed by atoms with van der Waals surface area (Å²) in [5.74, 6) is 0.349. The first-order valence-electron chi connectivity index (χ1n) is 31.7. The van der Waals surface area contributed by atoms with Crippen molar-refractivity contribution in [3.8, 4) is 43.9 Å². The van der Waals surface area contributed by atoms with Crippen LogP contribution in [0.5, 0.6) is 23.0 Å². The van der Waals surface area contributed by atoms with E-state index in [-0.39, 0.29) is 59.2 Å². The number of fused-ring (bicyclic) bond motifs is 2. The summed E-state index contributed by atoms with van der Waals surface area (Å²) in [6.45, 7) is 16.6. The van der Waals surface area contributed by atoms with E-state index in [0.717, 1.165) is 157 Å². The van der Waals surface area contributed by atoms with Crippen LogP contribution in [-0.2, 0) is 28.7 Å². The van der Waals surface area contributed by atoms with Crippen molar-refractivity contribution < 1.29 is 56.4 Å². The number of rotatable bonds is 30. The van der Waals surface area contributed by atoms with E-state index in [4.69, 9.17) is 28.4 Å². The van der Waals surface area contributed by atoms with Crippen LogP contribution >= 0.6 is 22.7 Å². The van der Waals surface area contributed by atoms with Gasteiger partial charge in [-0.25, -0.2) is 18.4 Å². The molecule has 0 bridgehead atoms. The molecule has 0 N–H and O–H groups in total. The molecule has 0 saturated heterocycles. The average Bonchev–Trinajstić information content (AvgIpc) is 1.61. The Morgan fingerprint density at radius 1 is 0.455 bits per heavy atom. The van der Waals surface area contributed by atoms with Crippen molar-refractivity contribution in [3.63, 3.8) is 0 Å². The summed E-state index contributed by atoms with van der Waals surface area (Å²) >= 11 is 2.88. The molecule has 0 spiro atoms. The van der Waals surface area contributed by atoms with Crippen molar-refractivity contribution in [1.82, 2.24) is 0 Å². The lowest BCUT2D eigenvalue weighted by Crippen LogP contribution is -2.25. The molecule has 466 valence electrons. The number of benzene rings is 5. The summed E-state index contributed by atoms with van der Waals surface area (Å²) in [6, 6.07) is 26.8. The molecule has 7 aromatic rings. The smallest absolute Gasteiger partial charge is 0.330 e. The van der Waals surface area contributed by atoms with E-state index < -0.39 is 0 Å². The van der Waals surface area contributed by atoms with Crippen molar-refractivity contribution in [3.05, 3.63) is 155 Å². The fourth-order valence-corrected chi connectivity index (χ4v) is 15.4. The molecule has 0 radical (unpaired) electrons. The van der Waals surface area contributed by atoms with Crippen LogP contribution in [0.3, 0.4) is 0 Å². The van der Waals surface area contributed by atoms with E-state index >= 15 is 0 Å². The molecular weight excluding hydrogens is 1150 g/mol. The molecule has 0 amide bonds. The lowest BCUT2D eigenvalue weighted by atomic mass is 9.79. The van der Waals surface area contributed by atoms with E-state index in [1.807, 2.05) is 64.1 Å². The Balaban J connectivity index is 0.878. The second kappa shape index (κ2) is 31.8. The molecule has 2 aromatic heterocycles. The Morgan fingerprint density at radius 3 is 1.10 bits per heavy atom. The fraction of sp³-hybridized carbons (Fsp3) is 0.432. The number of aryl methyl sites for hydroxylation is 4. The van der Waals surface area contributed by atoms with Gasteiger partial charge in [-0.2, -0.15) is 0 Å². The number of carbonyl (C=O) groups is 4. The zero-order valence-corrected chi connectivity index (χ0v) is 53.2. The number of carbonyl (C=O) groups excluding carboxylic acids is 4. The number of esters is 4. The molecule has 9 rings (SSSR count). The van der Waals surface area contributed by atoms with Crippen molar-refractivity contribution in [2.24, 2.45) is 11.8 Å². The molecule has 0 aliphatic heterocycles. The molecule has 5 aromatic carbocycles. The second-order valence-corrected chi connectivity index (χ2v) is 26.1. The van der Waals surface area contributed by atoms with Gasteiger partial charge >= 0.3 is 23.9 Å². The number of ether oxygens (including phenoxy) is 6. The summed E-state index contributed by atoms with van der Waals surface area (Å²) in [5, 5.41) is 1.27. The number of unbranched alkanes of at least 4 members (excludes halogenated alkanes) is 10. The van der Waals surface area contributed by atoms with Crippen LogP contribution in [0.4, 0.5) is 8.78 Å². The number of hydrogen-bond acceptors (Lipinski definition) is 12. The Hall–Kier alpha value is -7.16. The van der Waals surface area contributed by atoms with E-state index in [0.29, 0.717) is 83.8 Å². The molecule has 14 heteroatoms. The topological polar surface area (TPSA) is 124 Å². The quantitative estimate of drug-likeness (QED) is 0.0186. The number of halogens is 2. The Morgan fingerprint density at radius 2 is 0.773 bits per heavy atom. The van der Waals surface area contributed by atoms with Crippen molar-refractivity contribution in [2.75, 3.05) is 26.4 Å². The summed E-state index contributed by atoms with van der Waals surface area (Å²) in [7, 11) is 0. The Kier molecular flexibility index (Phi) is 23.6. The van der Waals surface area contributed by atoms with Crippen LogP contribution in [0.15, 0.2) is 110 Å². The minimum absolute atomic E-state index is 0.287. The third kappa shape index (κ3) is 17.2. The molecule has 2 aliphatic rings. The Bertz CT molecular complexity index is 3210. The highest BCUT2D eigenvalue weighted by atomic mass is 32.1. The number of hydrogen-bond donors (Lipinski definition) is 0. The molecule has 2 fully saturated rings. The van der Waals surface area contributed by atoms with Crippen molar-refractivity contribution >= 4 is 66.7 Å². The molecule has 2 saturated carbocycles. The summed E-state index contributed by atoms with van der Waals surface area (Å²) < 4.78 is 66.8. The van der Waals surface area contributed by atoms with Gasteiger partial charge in [-0.3, -0.25) is 9.59 Å². The highest BCUT2D eigenvalue weighted by Gasteiger charge is 2.34. The molecule has 0 atom stereocenters. The van der Waals surface area contributed by atoms with Crippen molar-refractivity contribution in [1.29, 1.82) is 0 Å². The van der Waals surface area contributed by atoms with Gasteiger partial charge < -0.3 is 28.4 Å². The third-order valence-electron chi connectivity index (χ3n) is 17.5. The van der Waals surface area contributed by atoms with Gasteiger partial charge in [0, 0.05) is 32.7 Å². The first kappa shape index (κ1) is 65.3. The molecule has 10 nitrogen and oxygen atoms in total. The maximum Gasteiger partial charge on any atom is 0.330 e.